The van der Waals surface area contributed by atoms with Crippen molar-refractivity contribution in [3.8, 4) is 0 Å². The number of hydrogen-bond acceptors (Lipinski definition) is 4. The monoisotopic (exact) mass is 344 g/mol. The van der Waals surface area contributed by atoms with E-state index in [2.05, 4.69) is 10.6 Å². The maximum atomic E-state index is 12.5. The van der Waals surface area contributed by atoms with Crippen LogP contribution in [0, 0.1) is 11.8 Å². The Labute approximate surface area is 147 Å². The normalized spacial score (nSPS) is 22.3. The van der Waals surface area contributed by atoms with E-state index in [0.717, 1.165) is 32.1 Å². The Morgan fingerprint density at radius 1 is 1.16 bits per heavy atom. The van der Waals surface area contributed by atoms with Crippen LogP contribution in [-0.4, -0.2) is 30.4 Å². The first-order valence-electron chi connectivity index (χ1n) is 8.91. The van der Waals surface area contributed by atoms with E-state index in [1.54, 1.807) is 24.3 Å². The van der Waals surface area contributed by atoms with Gasteiger partial charge in [-0.05, 0) is 37.3 Å². The van der Waals surface area contributed by atoms with Crippen molar-refractivity contribution in [3.05, 3.63) is 29.8 Å². The van der Waals surface area contributed by atoms with E-state index < -0.39 is 5.91 Å². The fourth-order valence-electron chi connectivity index (χ4n) is 3.20. The minimum Gasteiger partial charge on any atom is -0.455 e. The van der Waals surface area contributed by atoms with Crippen LogP contribution in [-0.2, 0) is 14.3 Å². The van der Waals surface area contributed by atoms with E-state index in [1.807, 2.05) is 6.92 Å². The maximum Gasteiger partial charge on any atom is 0.309 e. The molecule has 2 saturated carbocycles. The molecule has 0 aliphatic heterocycles. The number of benzene rings is 1. The summed E-state index contributed by atoms with van der Waals surface area (Å²) in [6.45, 7) is 1.64. The van der Waals surface area contributed by atoms with Crippen LogP contribution in [0.15, 0.2) is 24.3 Å². The topological polar surface area (TPSA) is 84.5 Å². The minimum absolute atomic E-state index is 0.0720. The van der Waals surface area contributed by atoms with Crippen molar-refractivity contribution in [1.29, 1.82) is 0 Å². The number of nitrogens with one attached hydrogen (secondary N) is 2. The Kier molecular flexibility index (Phi) is 5.36. The van der Waals surface area contributed by atoms with Crippen LogP contribution in [0.3, 0.4) is 0 Å². The number of esters is 1. The lowest BCUT2D eigenvalue weighted by Crippen LogP contribution is -2.33. The van der Waals surface area contributed by atoms with E-state index in [4.69, 9.17) is 4.74 Å². The van der Waals surface area contributed by atoms with Crippen LogP contribution in [0.4, 0.5) is 5.69 Å². The zero-order valence-electron chi connectivity index (χ0n) is 14.4. The summed E-state index contributed by atoms with van der Waals surface area (Å²) >= 11 is 0. The number of para-hydroxylation sites is 1. The first kappa shape index (κ1) is 17.5. The van der Waals surface area contributed by atoms with Gasteiger partial charge in [-0.15, -0.1) is 0 Å². The van der Waals surface area contributed by atoms with Crippen molar-refractivity contribution in [2.24, 2.45) is 11.8 Å². The highest BCUT2D eigenvalue weighted by Crippen LogP contribution is 2.38. The van der Waals surface area contributed by atoms with Gasteiger partial charge >= 0.3 is 5.97 Å². The van der Waals surface area contributed by atoms with Gasteiger partial charge in [0.15, 0.2) is 6.61 Å². The van der Waals surface area contributed by atoms with E-state index in [0.29, 0.717) is 17.2 Å². The molecule has 0 spiro atoms. The summed E-state index contributed by atoms with van der Waals surface area (Å²) in [5.41, 5.74) is 0.851. The molecular formula is C19H24N2O4. The van der Waals surface area contributed by atoms with Crippen LogP contribution in [0.2, 0.25) is 0 Å². The molecule has 25 heavy (non-hydrogen) atoms. The quantitative estimate of drug-likeness (QED) is 0.777. The summed E-state index contributed by atoms with van der Waals surface area (Å²) in [6.07, 6.45) is 5.08. The molecule has 2 N–H and O–H groups in total. The zero-order valence-corrected chi connectivity index (χ0v) is 14.4. The Balaban J connectivity index is 1.55. The summed E-state index contributed by atoms with van der Waals surface area (Å²) in [7, 11) is 0. The first-order valence-corrected chi connectivity index (χ1v) is 8.91. The molecule has 6 nitrogen and oxygen atoms in total. The summed E-state index contributed by atoms with van der Waals surface area (Å²) < 4.78 is 5.03. The van der Waals surface area contributed by atoms with Gasteiger partial charge in [-0.25, -0.2) is 0 Å². The van der Waals surface area contributed by atoms with Gasteiger partial charge in [0.1, 0.15) is 0 Å². The van der Waals surface area contributed by atoms with E-state index in [1.165, 1.54) is 0 Å². The van der Waals surface area contributed by atoms with Crippen molar-refractivity contribution >= 4 is 23.5 Å². The molecule has 0 aromatic heterocycles. The molecule has 6 heteroatoms. The van der Waals surface area contributed by atoms with E-state index in [-0.39, 0.29) is 30.4 Å². The van der Waals surface area contributed by atoms with Crippen LogP contribution < -0.4 is 10.6 Å². The smallest absolute Gasteiger partial charge is 0.309 e. The third-order valence-corrected chi connectivity index (χ3v) is 4.89. The molecule has 0 bridgehead atoms. The SMILES string of the molecule is C[C@@H]1C[C@@H]1C(=O)OCC(=O)Nc1ccccc1C(=O)NC1CCCC1. The molecule has 0 saturated heterocycles. The second-order valence-corrected chi connectivity index (χ2v) is 6.98. The molecule has 2 atom stereocenters. The van der Waals surface area contributed by atoms with Crippen molar-refractivity contribution < 1.29 is 19.1 Å². The molecule has 1 aromatic rings. The summed E-state index contributed by atoms with van der Waals surface area (Å²) in [4.78, 5) is 36.2. The number of carbonyl (C=O) groups is 3. The molecule has 0 radical (unpaired) electrons. The van der Waals surface area contributed by atoms with Crippen molar-refractivity contribution in [2.75, 3.05) is 11.9 Å². The molecule has 1 aromatic carbocycles. The average molecular weight is 344 g/mol. The highest BCUT2D eigenvalue weighted by Gasteiger charge is 2.40. The highest BCUT2D eigenvalue weighted by atomic mass is 16.5. The molecule has 0 heterocycles. The van der Waals surface area contributed by atoms with E-state index in [9.17, 15) is 14.4 Å². The average Bonchev–Trinajstić information content (AvgIpc) is 3.11. The predicted octanol–water partition coefficient (Wildman–Crippen LogP) is 2.50. The number of anilines is 1. The lowest BCUT2D eigenvalue weighted by molar-refractivity contribution is -0.148. The van der Waals surface area contributed by atoms with Crippen molar-refractivity contribution in [2.45, 2.75) is 45.1 Å². The Bertz CT molecular complexity index is 667. The van der Waals surface area contributed by atoms with Gasteiger partial charge in [0.05, 0.1) is 17.2 Å². The number of rotatable bonds is 6. The molecule has 3 rings (SSSR count). The van der Waals surface area contributed by atoms with Crippen LogP contribution >= 0.6 is 0 Å². The standard InChI is InChI=1S/C19H24N2O4/c1-12-10-15(12)19(24)25-11-17(22)21-16-9-5-4-8-14(16)18(23)20-13-6-2-3-7-13/h4-5,8-9,12-13,15H,2-3,6-7,10-11H2,1H3,(H,20,23)(H,21,22)/t12-,15+/m1/s1. The summed E-state index contributed by atoms with van der Waals surface area (Å²) in [5.74, 6) is -0.683. The molecule has 2 aliphatic rings. The largest absolute Gasteiger partial charge is 0.455 e. The molecule has 2 aliphatic carbocycles. The van der Waals surface area contributed by atoms with Gasteiger partial charge < -0.3 is 15.4 Å². The first-order chi connectivity index (χ1) is 12.0. The van der Waals surface area contributed by atoms with Crippen molar-refractivity contribution in [1.82, 2.24) is 5.32 Å². The maximum absolute atomic E-state index is 12.5. The predicted molar refractivity (Wildman–Crippen MR) is 93.0 cm³/mol. The zero-order chi connectivity index (χ0) is 17.8. The fourth-order valence-corrected chi connectivity index (χ4v) is 3.20. The number of carbonyl (C=O) groups excluding carboxylic acids is 3. The van der Waals surface area contributed by atoms with Gasteiger partial charge in [-0.2, -0.15) is 0 Å². The van der Waals surface area contributed by atoms with Gasteiger partial charge in [0.25, 0.3) is 11.8 Å². The number of amides is 2. The number of hydrogen-bond donors (Lipinski definition) is 2. The van der Waals surface area contributed by atoms with Gasteiger partial charge in [0, 0.05) is 6.04 Å². The van der Waals surface area contributed by atoms with Crippen LogP contribution in [0.5, 0.6) is 0 Å². The van der Waals surface area contributed by atoms with Gasteiger partial charge in [0.2, 0.25) is 0 Å². The molecular weight excluding hydrogens is 320 g/mol. The van der Waals surface area contributed by atoms with Crippen LogP contribution in [0.1, 0.15) is 49.4 Å². The Hall–Kier alpha value is -2.37. The highest BCUT2D eigenvalue weighted by molar-refractivity contribution is 6.04. The lowest BCUT2D eigenvalue weighted by Gasteiger charge is -2.15. The molecule has 2 amide bonds. The second-order valence-electron chi connectivity index (χ2n) is 6.98. The lowest BCUT2D eigenvalue weighted by atomic mass is 10.1. The third kappa shape index (κ3) is 4.59. The van der Waals surface area contributed by atoms with Crippen LogP contribution in [0.25, 0.3) is 0 Å². The molecule has 2 fully saturated rings. The summed E-state index contributed by atoms with van der Waals surface area (Å²) in [6, 6.07) is 7.06. The van der Waals surface area contributed by atoms with Crippen molar-refractivity contribution in [3.63, 3.8) is 0 Å². The summed E-state index contributed by atoms with van der Waals surface area (Å²) in [5, 5.41) is 5.68. The second kappa shape index (κ2) is 7.68. The Morgan fingerprint density at radius 3 is 2.52 bits per heavy atom. The van der Waals surface area contributed by atoms with Gasteiger partial charge in [-0.3, -0.25) is 14.4 Å². The molecule has 134 valence electrons. The molecule has 0 unspecified atom stereocenters. The van der Waals surface area contributed by atoms with Gasteiger partial charge in [-0.1, -0.05) is 31.9 Å². The Morgan fingerprint density at radius 2 is 1.84 bits per heavy atom. The third-order valence-electron chi connectivity index (χ3n) is 4.89. The minimum atomic E-state index is -0.442. The number of ether oxygens (including phenoxy) is 1. The van der Waals surface area contributed by atoms with E-state index >= 15 is 0 Å². The fraction of sp³-hybridized carbons (Fsp3) is 0.526.